The molecule has 0 saturated heterocycles. The van der Waals surface area contributed by atoms with Crippen LogP contribution in [0.3, 0.4) is 0 Å². The van der Waals surface area contributed by atoms with Gasteiger partial charge in [0.1, 0.15) is 5.75 Å². The monoisotopic (exact) mass is 264 g/mol. The Labute approximate surface area is 115 Å². The summed E-state index contributed by atoms with van der Waals surface area (Å²) in [5.74, 6) is 0.123. The number of rotatable bonds is 2. The number of aromatic hydroxyl groups is 1. The Morgan fingerprint density at radius 2 is 1.90 bits per heavy atom. The molecule has 0 radical (unpaired) electrons. The van der Waals surface area contributed by atoms with Gasteiger partial charge in [-0.3, -0.25) is 14.3 Å². The van der Waals surface area contributed by atoms with Crippen molar-refractivity contribution in [2.45, 2.75) is 0 Å². The zero-order valence-electron chi connectivity index (χ0n) is 10.6. The maximum atomic E-state index is 12.5. The SMILES string of the molecule is O=c1c(-c2ccccn2)cccn1-c1cccc(O)c1. The Bertz CT molecular complexity index is 795. The van der Waals surface area contributed by atoms with E-state index in [4.69, 9.17) is 0 Å². The predicted octanol–water partition coefficient (Wildman–Crippen LogP) is 2.61. The van der Waals surface area contributed by atoms with Crippen LogP contribution in [0.2, 0.25) is 0 Å². The van der Waals surface area contributed by atoms with E-state index in [1.54, 1.807) is 60.9 Å². The molecule has 1 aromatic carbocycles. The maximum absolute atomic E-state index is 12.5. The van der Waals surface area contributed by atoms with E-state index in [-0.39, 0.29) is 11.3 Å². The van der Waals surface area contributed by atoms with E-state index in [1.165, 1.54) is 4.57 Å². The van der Waals surface area contributed by atoms with Crippen molar-refractivity contribution in [3.05, 3.63) is 77.3 Å². The number of hydrogen-bond acceptors (Lipinski definition) is 3. The first-order valence-corrected chi connectivity index (χ1v) is 6.18. The van der Waals surface area contributed by atoms with E-state index in [0.717, 1.165) is 0 Å². The summed E-state index contributed by atoms with van der Waals surface area (Å²) in [5, 5.41) is 9.52. The molecule has 0 atom stereocenters. The van der Waals surface area contributed by atoms with Gasteiger partial charge in [0.05, 0.1) is 16.9 Å². The van der Waals surface area contributed by atoms with Gasteiger partial charge in [-0.05, 0) is 36.4 Å². The van der Waals surface area contributed by atoms with Crippen molar-refractivity contribution in [1.29, 1.82) is 0 Å². The summed E-state index contributed by atoms with van der Waals surface area (Å²) < 4.78 is 1.49. The van der Waals surface area contributed by atoms with E-state index in [9.17, 15) is 9.90 Å². The minimum atomic E-state index is -0.170. The highest BCUT2D eigenvalue weighted by molar-refractivity contribution is 5.58. The van der Waals surface area contributed by atoms with Gasteiger partial charge < -0.3 is 5.11 Å². The van der Waals surface area contributed by atoms with Crippen LogP contribution in [-0.4, -0.2) is 14.7 Å². The summed E-state index contributed by atoms with van der Waals surface area (Å²) in [7, 11) is 0. The standard InChI is InChI=1S/C16H12N2O2/c19-13-6-3-5-12(11-13)18-10-4-7-14(16(18)20)15-8-1-2-9-17-15/h1-11,19H. The fraction of sp³-hybridized carbons (Fsp3) is 0. The number of pyridine rings is 2. The molecule has 0 fully saturated rings. The number of aromatic nitrogens is 2. The largest absolute Gasteiger partial charge is 0.508 e. The summed E-state index contributed by atoms with van der Waals surface area (Å²) in [6.45, 7) is 0. The zero-order chi connectivity index (χ0) is 13.9. The van der Waals surface area contributed by atoms with Gasteiger partial charge >= 0.3 is 0 Å². The first-order valence-electron chi connectivity index (χ1n) is 6.18. The summed E-state index contributed by atoms with van der Waals surface area (Å²) >= 11 is 0. The quantitative estimate of drug-likeness (QED) is 0.774. The van der Waals surface area contributed by atoms with Crippen LogP contribution in [0, 0.1) is 0 Å². The summed E-state index contributed by atoms with van der Waals surface area (Å²) in [5.41, 5.74) is 1.60. The number of phenolic OH excluding ortho intramolecular Hbond substituents is 1. The summed E-state index contributed by atoms with van der Waals surface area (Å²) in [6, 6.07) is 15.5. The fourth-order valence-corrected chi connectivity index (χ4v) is 2.06. The predicted molar refractivity (Wildman–Crippen MR) is 76.9 cm³/mol. The van der Waals surface area contributed by atoms with E-state index >= 15 is 0 Å². The summed E-state index contributed by atoms with van der Waals surface area (Å²) in [4.78, 5) is 16.7. The molecule has 3 rings (SSSR count). The Balaban J connectivity index is 2.18. The minimum absolute atomic E-state index is 0.123. The van der Waals surface area contributed by atoms with E-state index in [2.05, 4.69) is 4.98 Å². The van der Waals surface area contributed by atoms with Crippen molar-refractivity contribution in [2.24, 2.45) is 0 Å². The third kappa shape index (κ3) is 2.19. The normalized spacial score (nSPS) is 10.4. The molecular formula is C16H12N2O2. The van der Waals surface area contributed by atoms with Crippen molar-refractivity contribution >= 4 is 0 Å². The molecule has 0 unspecified atom stereocenters. The van der Waals surface area contributed by atoms with Crippen molar-refractivity contribution in [3.8, 4) is 22.7 Å². The smallest absolute Gasteiger partial charge is 0.264 e. The second kappa shape index (κ2) is 5.01. The Morgan fingerprint density at radius 3 is 2.65 bits per heavy atom. The molecule has 98 valence electrons. The fourth-order valence-electron chi connectivity index (χ4n) is 2.06. The van der Waals surface area contributed by atoms with Crippen LogP contribution in [0.5, 0.6) is 5.75 Å². The Hall–Kier alpha value is -2.88. The van der Waals surface area contributed by atoms with Crippen LogP contribution >= 0.6 is 0 Å². The topological polar surface area (TPSA) is 55.1 Å². The van der Waals surface area contributed by atoms with E-state index in [0.29, 0.717) is 16.9 Å². The molecule has 2 aromatic heterocycles. The van der Waals surface area contributed by atoms with Crippen molar-refractivity contribution in [1.82, 2.24) is 9.55 Å². The molecule has 3 aromatic rings. The second-order valence-electron chi connectivity index (χ2n) is 4.33. The van der Waals surface area contributed by atoms with Crippen LogP contribution in [0.15, 0.2) is 71.8 Å². The molecule has 4 heteroatoms. The maximum Gasteiger partial charge on any atom is 0.264 e. The van der Waals surface area contributed by atoms with Gasteiger partial charge in [-0.15, -0.1) is 0 Å². The van der Waals surface area contributed by atoms with Crippen LogP contribution < -0.4 is 5.56 Å². The van der Waals surface area contributed by atoms with E-state index < -0.39 is 0 Å². The lowest BCUT2D eigenvalue weighted by Crippen LogP contribution is -2.19. The molecule has 0 amide bonds. The van der Waals surface area contributed by atoms with Gasteiger partial charge in [0.25, 0.3) is 5.56 Å². The Kier molecular flexibility index (Phi) is 3.05. The van der Waals surface area contributed by atoms with Gasteiger partial charge in [-0.25, -0.2) is 0 Å². The van der Waals surface area contributed by atoms with Crippen LogP contribution in [-0.2, 0) is 0 Å². The average Bonchev–Trinajstić information content (AvgIpc) is 2.48. The number of benzene rings is 1. The van der Waals surface area contributed by atoms with Gasteiger partial charge in [-0.2, -0.15) is 0 Å². The number of phenols is 1. The first kappa shape index (κ1) is 12.2. The lowest BCUT2D eigenvalue weighted by atomic mass is 10.2. The van der Waals surface area contributed by atoms with Crippen molar-refractivity contribution < 1.29 is 5.11 Å². The van der Waals surface area contributed by atoms with Crippen molar-refractivity contribution in [3.63, 3.8) is 0 Å². The molecule has 1 N–H and O–H groups in total. The number of nitrogens with zero attached hydrogens (tertiary/aromatic N) is 2. The van der Waals surface area contributed by atoms with Gasteiger partial charge in [0.2, 0.25) is 0 Å². The molecule has 0 aliphatic carbocycles. The molecule has 4 nitrogen and oxygen atoms in total. The molecule has 2 heterocycles. The zero-order valence-corrected chi connectivity index (χ0v) is 10.6. The summed E-state index contributed by atoms with van der Waals surface area (Å²) in [6.07, 6.45) is 3.32. The highest BCUT2D eigenvalue weighted by atomic mass is 16.3. The van der Waals surface area contributed by atoms with Crippen LogP contribution in [0.1, 0.15) is 0 Å². The minimum Gasteiger partial charge on any atom is -0.508 e. The lowest BCUT2D eigenvalue weighted by Gasteiger charge is -2.08. The van der Waals surface area contributed by atoms with Gasteiger partial charge in [0, 0.05) is 18.5 Å². The van der Waals surface area contributed by atoms with Crippen LogP contribution in [0.4, 0.5) is 0 Å². The molecule has 0 aliphatic rings. The molecule has 20 heavy (non-hydrogen) atoms. The third-order valence-electron chi connectivity index (χ3n) is 3.00. The second-order valence-corrected chi connectivity index (χ2v) is 4.33. The first-order chi connectivity index (χ1) is 9.75. The van der Waals surface area contributed by atoms with Gasteiger partial charge in [-0.1, -0.05) is 12.1 Å². The highest BCUT2D eigenvalue weighted by Gasteiger charge is 2.08. The average molecular weight is 264 g/mol. The highest BCUT2D eigenvalue weighted by Crippen LogP contribution is 2.16. The lowest BCUT2D eigenvalue weighted by molar-refractivity contribution is 0.475. The van der Waals surface area contributed by atoms with Crippen molar-refractivity contribution in [2.75, 3.05) is 0 Å². The van der Waals surface area contributed by atoms with Gasteiger partial charge in [0.15, 0.2) is 0 Å². The molecule has 0 aliphatic heterocycles. The van der Waals surface area contributed by atoms with E-state index in [1.807, 2.05) is 6.07 Å². The molecule has 0 spiro atoms. The van der Waals surface area contributed by atoms with Crippen LogP contribution in [0.25, 0.3) is 16.9 Å². The molecule has 0 bridgehead atoms. The third-order valence-corrected chi connectivity index (χ3v) is 3.00. The molecule has 0 saturated carbocycles. The Morgan fingerprint density at radius 1 is 1.00 bits per heavy atom. The number of hydrogen-bond donors (Lipinski definition) is 1. The molecular weight excluding hydrogens is 252 g/mol.